The first-order valence-electron chi connectivity index (χ1n) is 6.59. The van der Waals surface area contributed by atoms with E-state index in [4.69, 9.17) is 4.42 Å². The van der Waals surface area contributed by atoms with Crippen LogP contribution in [0.25, 0.3) is 0 Å². The van der Waals surface area contributed by atoms with Crippen molar-refractivity contribution in [2.24, 2.45) is 0 Å². The molecule has 0 aliphatic rings. The molecule has 0 aliphatic carbocycles. The predicted octanol–water partition coefficient (Wildman–Crippen LogP) is 2.91. The monoisotopic (exact) mass is 274 g/mol. The summed E-state index contributed by atoms with van der Waals surface area (Å²) in [6, 6.07) is 7.76. The van der Waals surface area contributed by atoms with Gasteiger partial charge in [-0.15, -0.1) is 10.2 Å². The molecule has 106 valence electrons. The third kappa shape index (κ3) is 3.23. The highest BCUT2D eigenvalue weighted by atomic mass is 16.4. The molecule has 1 aromatic heterocycles. The van der Waals surface area contributed by atoms with E-state index in [1.54, 1.807) is 0 Å². The second kappa shape index (κ2) is 5.86. The van der Waals surface area contributed by atoms with Crippen LogP contribution in [0.2, 0.25) is 0 Å². The van der Waals surface area contributed by atoms with E-state index >= 15 is 0 Å². The maximum Gasteiger partial charge on any atom is 0.316 e. The first kappa shape index (κ1) is 14.2. The van der Waals surface area contributed by atoms with Crippen molar-refractivity contribution in [3.05, 3.63) is 47.2 Å². The molecule has 2 rings (SSSR count). The topological polar surface area (TPSA) is 76.2 Å². The molecule has 0 fully saturated rings. The van der Waals surface area contributed by atoms with Crippen molar-refractivity contribution in [3.8, 4) is 0 Å². The van der Waals surface area contributed by atoms with Crippen LogP contribution in [-0.2, 0) is 11.2 Å². The first-order valence-corrected chi connectivity index (χ1v) is 6.59. The van der Waals surface area contributed by atoms with E-state index in [1.807, 2.05) is 45.0 Å². The molecular weight excluding hydrogens is 256 g/mol. The fraction of sp³-hybridized carbons (Fsp3) is 0.400. The molecule has 1 aromatic carbocycles. The van der Waals surface area contributed by atoms with Gasteiger partial charge in [-0.25, -0.2) is 0 Å². The lowest BCUT2D eigenvalue weighted by atomic mass is 9.99. The SMILES string of the molecule is Cc1ccc(CC(C(=O)O)c2nnc(C(C)C)o2)cc1. The summed E-state index contributed by atoms with van der Waals surface area (Å²) in [4.78, 5) is 11.4. The van der Waals surface area contributed by atoms with Crippen LogP contribution in [0.3, 0.4) is 0 Å². The van der Waals surface area contributed by atoms with Gasteiger partial charge in [0.25, 0.3) is 0 Å². The van der Waals surface area contributed by atoms with Crippen molar-refractivity contribution < 1.29 is 14.3 Å². The normalized spacial score (nSPS) is 12.6. The number of hydrogen-bond acceptors (Lipinski definition) is 4. The Morgan fingerprint density at radius 3 is 2.30 bits per heavy atom. The van der Waals surface area contributed by atoms with Crippen molar-refractivity contribution in [1.29, 1.82) is 0 Å². The summed E-state index contributed by atoms with van der Waals surface area (Å²) < 4.78 is 5.46. The van der Waals surface area contributed by atoms with E-state index in [-0.39, 0.29) is 11.8 Å². The lowest BCUT2D eigenvalue weighted by Gasteiger charge is -2.08. The van der Waals surface area contributed by atoms with Crippen molar-refractivity contribution >= 4 is 5.97 Å². The number of rotatable bonds is 5. The Morgan fingerprint density at radius 1 is 1.20 bits per heavy atom. The fourth-order valence-corrected chi connectivity index (χ4v) is 1.86. The highest BCUT2D eigenvalue weighted by Gasteiger charge is 2.27. The Labute approximate surface area is 117 Å². The van der Waals surface area contributed by atoms with Crippen LogP contribution in [0.1, 0.15) is 48.6 Å². The molecule has 0 aliphatic heterocycles. The quantitative estimate of drug-likeness (QED) is 0.907. The van der Waals surface area contributed by atoms with E-state index in [0.717, 1.165) is 11.1 Å². The van der Waals surface area contributed by atoms with E-state index in [2.05, 4.69) is 10.2 Å². The predicted molar refractivity (Wildman–Crippen MR) is 73.6 cm³/mol. The van der Waals surface area contributed by atoms with Crippen molar-refractivity contribution in [1.82, 2.24) is 10.2 Å². The van der Waals surface area contributed by atoms with Crippen LogP contribution < -0.4 is 0 Å². The highest BCUT2D eigenvalue weighted by molar-refractivity contribution is 5.75. The summed E-state index contributed by atoms with van der Waals surface area (Å²) >= 11 is 0. The Hall–Kier alpha value is -2.17. The number of carboxylic acid groups (broad SMARTS) is 1. The Kier molecular flexibility index (Phi) is 4.17. The minimum Gasteiger partial charge on any atom is -0.481 e. The van der Waals surface area contributed by atoms with E-state index in [0.29, 0.717) is 12.3 Å². The molecule has 2 aromatic rings. The molecule has 20 heavy (non-hydrogen) atoms. The van der Waals surface area contributed by atoms with Gasteiger partial charge >= 0.3 is 5.97 Å². The molecule has 1 heterocycles. The van der Waals surface area contributed by atoms with Gasteiger partial charge in [-0.1, -0.05) is 43.7 Å². The summed E-state index contributed by atoms with van der Waals surface area (Å²) in [5.41, 5.74) is 2.08. The number of aromatic nitrogens is 2. The molecular formula is C15H18N2O3. The number of nitrogens with zero attached hydrogens (tertiary/aromatic N) is 2. The number of aliphatic carboxylic acids is 1. The molecule has 0 saturated heterocycles. The summed E-state index contributed by atoms with van der Waals surface area (Å²) in [5, 5.41) is 17.1. The molecule has 0 amide bonds. The summed E-state index contributed by atoms with van der Waals surface area (Å²) in [5.74, 6) is -1.04. The second-order valence-electron chi connectivity index (χ2n) is 5.21. The molecule has 0 radical (unpaired) electrons. The zero-order chi connectivity index (χ0) is 14.7. The number of benzene rings is 1. The third-order valence-electron chi connectivity index (χ3n) is 3.11. The molecule has 5 heteroatoms. The lowest BCUT2D eigenvalue weighted by molar-refractivity contribution is -0.139. The van der Waals surface area contributed by atoms with E-state index < -0.39 is 11.9 Å². The third-order valence-corrected chi connectivity index (χ3v) is 3.11. The van der Waals surface area contributed by atoms with Crippen molar-refractivity contribution in [2.75, 3.05) is 0 Å². The van der Waals surface area contributed by atoms with Crippen LogP contribution in [0.4, 0.5) is 0 Å². The van der Waals surface area contributed by atoms with Gasteiger partial charge in [-0.2, -0.15) is 0 Å². The van der Waals surface area contributed by atoms with Gasteiger partial charge in [0.2, 0.25) is 11.8 Å². The number of hydrogen-bond donors (Lipinski definition) is 1. The van der Waals surface area contributed by atoms with Crippen LogP contribution in [-0.4, -0.2) is 21.3 Å². The minimum atomic E-state index is -0.954. The smallest absolute Gasteiger partial charge is 0.316 e. The second-order valence-corrected chi connectivity index (χ2v) is 5.21. The maximum atomic E-state index is 11.4. The first-order chi connectivity index (χ1) is 9.47. The van der Waals surface area contributed by atoms with Crippen LogP contribution >= 0.6 is 0 Å². The van der Waals surface area contributed by atoms with Gasteiger partial charge in [0.15, 0.2) is 0 Å². The van der Waals surface area contributed by atoms with Gasteiger partial charge in [-0.3, -0.25) is 4.79 Å². The van der Waals surface area contributed by atoms with Crippen molar-refractivity contribution in [3.63, 3.8) is 0 Å². The van der Waals surface area contributed by atoms with Crippen molar-refractivity contribution in [2.45, 2.75) is 39.0 Å². The van der Waals surface area contributed by atoms with Gasteiger partial charge in [-0.05, 0) is 18.9 Å². The average molecular weight is 274 g/mol. The Balaban J connectivity index is 2.22. The summed E-state index contributed by atoms with van der Waals surface area (Å²) in [6.45, 7) is 5.84. The lowest BCUT2D eigenvalue weighted by Crippen LogP contribution is -2.15. The maximum absolute atomic E-state index is 11.4. The fourth-order valence-electron chi connectivity index (χ4n) is 1.86. The summed E-state index contributed by atoms with van der Waals surface area (Å²) in [7, 11) is 0. The van der Waals surface area contributed by atoms with Gasteiger partial charge < -0.3 is 9.52 Å². The Bertz CT molecular complexity index is 587. The molecule has 0 saturated carbocycles. The average Bonchev–Trinajstić information content (AvgIpc) is 2.87. The van der Waals surface area contributed by atoms with Gasteiger partial charge in [0.1, 0.15) is 5.92 Å². The minimum absolute atomic E-state index is 0.0880. The van der Waals surface area contributed by atoms with E-state index in [9.17, 15) is 9.90 Å². The number of carbonyl (C=O) groups is 1. The highest BCUT2D eigenvalue weighted by Crippen LogP contribution is 2.23. The molecule has 0 spiro atoms. The molecule has 5 nitrogen and oxygen atoms in total. The van der Waals surface area contributed by atoms with Gasteiger partial charge in [0.05, 0.1) is 0 Å². The Morgan fingerprint density at radius 2 is 1.80 bits per heavy atom. The van der Waals surface area contributed by atoms with E-state index in [1.165, 1.54) is 0 Å². The molecule has 1 unspecified atom stereocenters. The zero-order valence-corrected chi connectivity index (χ0v) is 11.8. The number of carboxylic acids is 1. The molecule has 0 bridgehead atoms. The standard InChI is InChI=1S/C15H18N2O3/c1-9(2)13-16-17-14(20-13)12(15(18)19)8-11-6-4-10(3)5-7-11/h4-7,9,12H,8H2,1-3H3,(H,18,19). The molecule has 1 atom stereocenters. The summed E-state index contributed by atoms with van der Waals surface area (Å²) in [6.07, 6.45) is 0.343. The van der Waals surface area contributed by atoms with Gasteiger partial charge in [0, 0.05) is 5.92 Å². The van der Waals surface area contributed by atoms with Crippen LogP contribution in [0.15, 0.2) is 28.7 Å². The molecule has 1 N–H and O–H groups in total. The zero-order valence-electron chi connectivity index (χ0n) is 11.8. The largest absolute Gasteiger partial charge is 0.481 e. The van der Waals surface area contributed by atoms with Crippen LogP contribution in [0, 0.1) is 6.92 Å². The number of aryl methyl sites for hydroxylation is 1. The van der Waals surface area contributed by atoms with Crippen LogP contribution in [0.5, 0.6) is 0 Å².